The van der Waals surface area contributed by atoms with Gasteiger partial charge in [0.15, 0.2) is 5.50 Å². The maximum Gasteiger partial charge on any atom is 0.222 e. The molecule has 1 aliphatic heterocycles. The minimum Gasteiger partial charge on any atom is -0.369 e. The zero-order valence-electron chi connectivity index (χ0n) is 14.8. The predicted molar refractivity (Wildman–Crippen MR) is 113 cm³/mol. The van der Waals surface area contributed by atoms with Gasteiger partial charge in [-0.1, -0.05) is 41.9 Å². The van der Waals surface area contributed by atoms with Crippen molar-refractivity contribution in [1.82, 2.24) is 9.88 Å². The molecule has 8 heteroatoms. The summed E-state index contributed by atoms with van der Waals surface area (Å²) < 4.78 is 0. The molecule has 2 heterocycles. The van der Waals surface area contributed by atoms with Gasteiger partial charge in [-0.05, 0) is 36.8 Å². The van der Waals surface area contributed by atoms with Crippen molar-refractivity contribution in [2.45, 2.75) is 25.3 Å². The molecular weight excluding hydrogens is 403 g/mol. The van der Waals surface area contributed by atoms with Crippen molar-refractivity contribution >= 4 is 52.3 Å². The largest absolute Gasteiger partial charge is 0.369 e. The van der Waals surface area contributed by atoms with Gasteiger partial charge in [0, 0.05) is 34.4 Å². The normalized spacial score (nSPS) is 16.7. The Morgan fingerprint density at radius 3 is 2.70 bits per heavy atom. The number of hydrogen-bond acceptors (Lipinski definition) is 5. The molecule has 1 unspecified atom stereocenters. The zero-order chi connectivity index (χ0) is 19.4. The summed E-state index contributed by atoms with van der Waals surface area (Å²) in [6.07, 6.45) is 4.62. The molecule has 0 radical (unpaired) electrons. The summed E-state index contributed by atoms with van der Waals surface area (Å²) in [6.45, 7) is 2.92. The van der Waals surface area contributed by atoms with E-state index in [4.69, 9.17) is 28.9 Å². The van der Waals surface area contributed by atoms with E-state index < -0.39 is 0 Å². The van der Waals surface area contributed by atoms with Crippen LogP contribution in [-0.4, -0.2) is 27.8 Å². The highest BCUT2D eigenvalue weighted by atomic mass is 35.5. The Kier molecular flexibility index (Phi) is 6.52. The lowest BCUT2D eigenvalue weighted by Crippen LogP contribution is -2.34. The van der Waals surface area contributed by atoms with Crippen LogP contribution in [0.1, 0.15) is 25.3 Å². The van der Waals surface area contributed by atoms with Gasteiger partial charge in [0.25, 0.3) is 0 Å². The molecule has 1 atom stereocenters. The lowest BCUT2D eigenvalue weighted by atomic mass is 10.1. The van der Waals surface area contributed by atoms with E-state index in [1.54, 1.807) is 42.4 Å². The number of benzene rings is 1. The smallest absolute Gasteiger partial charge is 0.222 e. The van der Waals surface area contributed by atoms with Crippen LogP contribution < -0.4 is 11.1 Å². The third-order valence-electron chi connectivity index (χ3n) is 4.05. The second-order valence-electron chi connectivity index (χ2n) is 6.08. The molecule has 1 amide bonds. The Labute approximate surface area is 172 Å². The highest BCUT2D eigenvalue weighted by molar-refractivity contribution is 8.04. The second-order valence-corrected chi connectivity index (χ2v) is 8.10. The van der Waals surface area contributed by atoms with E-state index in [2.05, 4.69) is 22.1 Å². The summed E-state index contributed by atoms with van der Waals surface area (Å²) in [4.78, 5) is 18.9. The van der Waals surface area contributed by atoms with Crippen molar-refractivity contribution in [3.8, 4) is 0 Å². The van der Waals surface area contributed by atoms with Crippen LogP contribution in [0.15, 0.2) is 47.6 Å². The lowest BCUT2D eigenvalue weighted by molar-refractivity contribution is -0.117. The number of primary amides is 1. The van der Waals surface area contributed by atoms with E-state index in [0.717, 1.165) is 34.8 Å². The average molecular weight is 423 g/mol. The van der Waals surface area contributed by atoms with Gasteiger partial charge in [0.1, 0.15) is 0 Å². The number of halogens is 2. The average Bonchev–Trinajstić information content (AvgIpc) is 2.95. The van der Waals surface area contributed by atoms with Gasteiger partial charge < -0.3 is 16.0 Å². The van der Waals surface area contributed by atoms with Crippen LogP contribution in [0.5, 0.6) is 0 Å². The van der Waals surface area contributed by atoms with Crippen LogP contribution in [0.4, 0.5) is 5.69 Å². The topological polar surface area (TPSA) is 71.2 Å². The van der Waals surface area contributed by atoms with Crippen molar-refractivity contribution in [1.29, 1.82) is 0 Å². The standard InChI is InChI=1S/C19H20Cl2N4OS/c1-2-9-25-18(12-5-7-23-8-6-12)16(11-17(22)26)27-19(25)24-15-10-13(20)3-4-14(15)21/h3-8,10,19,24H,2,9,11H2,1H3,(H2,22,26). The quantitative estimate of drug-likeness (QED) is 0.670. The maximum absolute atomic E-state index is 11.6. The molecule has 3 N–H and O–H groups in total. The van der Waals surface area contributed by atoms with E-state index in [-0.39, 0.29) is 17.8 Å². The fourth-order valence-electron chi connectivity index (χ4n) is 2.97. The fourth-order valence-corrected chi connectivity index (χ4v) is 4.68. The maximum atomic E-state index is 11.6. The van der Waals surface area contributed by atoms with Crippen molar-refractivity contribution in [3.05, 3.63) is 63.2 Å². The van der Waals surface area contributed by atoms with Gasteiger partial charge >= 0.3 is 0 Å². The third-order valence-corrected chi connectivity index (χ3v) is 5.83. The summed E-state index contributed by atoms with van der Waals surface area (Å²) in [5.74, 6) is -0.359. The predicted octanol–water partition coefficient (Wildman–Crippen LogP) is 4.79. The molecule has 0 saturated carbocycles. The minimum atomic E-state index is -0.359. The molecule has 3 rings (SSSR count). The number of carbonyl (C=O) groups is 1. The highest BCUT2D eigenvalue weighted by Crippen LogP contribution is 2.45. The molecule has 142 valence electrons. The summed E-state index contributed by atoms with van der Waals surface area (Å²) in [5, 5.41) is 4.64. The number of aromatic nitrogens is 1. The number of thioether (sulfide) groups is 1. The Morgan fingerprint density at radius 1 is 1.30 bits per heavy atom. The van der Waals surface area contributed by atoms with Crippen LogP contribution in [0.25, 0.3) is 5.70 Å². The SMILES string of the molecule is CCCN1C(c2ccncc2)=C(CC(N)=O)SC1Nc1cc(Cl)ccc1Cl. The van der Waals surface area contributed by atoms with Crippen molar-refractivity contribution in [2.75, 3.05) is 11.9 Å². The Balaban J connectivity index is 1.97. The van der Waals surface area contributed by atoms with E-state index >= 15 is 0 Å². The molecule has 1 aromatic heterocycles. The van der Waals surface area contributed by atoms with Crippen molar-refractivity contribution in [3.63, 3.8) is 0 Å². The molecule has 0 bridgehead atoms. The first-order valence-corrected chi connectivity index (χ1v) is 10.2. The molecule has 0 spiro atoms. The molecule has 27 heavy (non-hydrogen) atoms. The number of nitrogens with two attached hydrogens (primary N) is 1. The summed E-state index contributed by atoms with van der Waals surface area (Å²) in [5.41, 5.74) is 8.12. The first-order chi connectivity index (χ1) is 13.0. The van der Waals surface area contributed by atoms with Crippen LogP contribution >= 0.6 is 35.0 Å². The van der Waals surface area contributed by atoms with E-state index in [0.29, 0.717) is 10.0 Å². The van der Waals surface area contributed by atoms with Crippen LogP contribution in [0.3, 0.4) is 0 Å². The number of nitrogens with zero attached hydrogens (tertiary/aromatic N) is 2. The van der Waals surface area contributed by atoms with Gasteiger partial charge in [0.2, 0.25) is 5.91 Å². The summed E-state index contributed by atoms with van der Waals surface area (Å²) >= 11 is 14.0. The summed E-state index contributed by atoms with van der Waals surface area (Å²) in [7, 11) is 0. The Morgan fingerprint density at radius 2 is 2.04 bits per heavy atom. The molecule has 0 aliphatic carbocycles. The molecule has 5 nitrogen and oxygen atoms in total. The van der Waals surface area contributed by atoms with Crippen LogP contribution in [-0.2, 0) is 4.79 Å². The number of nitrogens with one attached hydrogen (secondary N) is 1. The number of pyridine rings is 1. The number of amides is 1. The number of rotatable bonds is 7. The van der Waals surface area contributed by atoms with Gasteiger partial charge in [0.05, 0.1) is 22.8 Å². The molecular formula is C19H20Cl2N4OS. The molecule has 1 aromatic carbocycles. The fraction of sp³-hybridized carbons (Fsp3) is 0.263. The molecule has 1 aliphatic rings. The van der Waals surface area contributed by atoms with Crippen LogP contribution in [0, 0.1) is 0 Å². The first-order valence-electron chi connectivity index (χ1n) is 8.56. The number of carbonyl (C=O) groups excluding carboxylic acids is 1. The molecule has 2 aromatic rings. The number of hydrogen-bond donors (Lipinski definition) is 2. The Bertz CT molecular complexity index is 860. The van der Waals surface area contributed by atoms with Crippen LogP contribution in [0.2, 0.25) is 10.0 Å². The number of anilines is 1. The minimum absolute atomic E-state index is 0.126. The monoisotopic (exact) mass is 422 g/mol. The van der Waals surface area contributed by atoms with Gasteiger partial charge in [-0.2, -0.15) is 0 Å². The van der Waals surface area contributed by atoms with E-state index in [1.165, 1.54) is 0 Å². The third kappa shape index (κ3) is 4.69. The van der Waals surface area contributed by atoms with Gasteiger partial charge in [-0.25, -0.2) is 0 Å². The highest BCUT2D eigenvalue weighted by Gasteiger charge is 2.33. The van der Waals surface area contributed by atoms with E-state index in [9.17, 15) is 4.79 Å². The first kappa shape index (κ1) is 19.9. The molecule has 0 fully saturated rings. The second kappa shape index (κ2) is 8.87. The van der Waals surface area contributed by atoms with Gasteiger partial charge in [-0.15, -0.1) is 0 Å². The van der Waals surface area contributed by atoms with Crippen molar-refractivity contribution < 1.29 is 4.79 Å². The Hall–Kier alpha value is -1.89. The zero-order valence-corrected chi connectivity index (χ0v) is 17.1. The van der Waals surface area contributed by atoms with Crippen molar-refractivity contribution in [2.24, 2.45) is 5.73 Å². The van der Waals surface area contributed by atoms with Gasteiger partial charge in [-0.3, -0.25) is 9.78 Å². The lowest BCUT2D eigenvalue weighted by Gasteiger charge is -2.30. The summed E-state index contributed by atoms with van der Waals surface area (Å²) in [6, 6.07) is 9.19. The van der Waals surface area contributed by atoms with E-state index in [1.807, 2.05) is 12.1 Å². The molecule has 0 saturated heterocycles.